The van der Waals surface area contributed by atoms with Crippen LogP contribution >= 0.6 is 11.8 Å². The predicted molar refractivity (Wildman–Crippen MR) is 107 cm³/mol. The summed E-state index contributed by atoms with van der Waals surface area (Å²) in [6.45, 7) is 4.13. The second kappa shape index (κ2) is 10.8. The molecule has 1 fully saturated rings. The number of ether oxygens (including phenoxy) is 1. The maximum Gasteiger partial charge on any atom is 0.409 e. The molecule has 13 heteroatoms. The molecule has 6 N–H and O–H groups in total. The van der Waals surface area contributed by atoms with Gasteiger partial charge in [-0.25, -0.2) is 4.79 Å². The summed E-state index contributed by atoms with van der Waals surface area (Å²) in [5.74, 6) is -0.582. The lowest BCUT2D eigenvalue weighted by Gasteiger charge is -2.38. The number of rotatable bonds is 10. The van der Waals surface area contributed by atoms with Gasteiger partial charge in [0.15, 0.2) is 5.50 Å². The average Bonchev–Trinajstić information content (AvgIpc) is 3.10. The number of nitrogens with zero attached hydrogens (tertiary/aromatic N) is 1. The first-order valence-corrected chi connectivity index (χ1v) is 10.1. The third-order valence-electron chi connectivity index (χ3n) is 4.02. The molecule has 1 saturated heterocycles. The molecule has 2 aliphatic heterocycles. The monoisotopic (exact) mass is 427 g/mol. The van der Waals surface area contributed by atoms with Crippen LogP contribution < -0.4 is 26.6 Å². The van der Waals surface area contributed by atoms with Crippen molar-refractivity contribution < 1.29 is 23.9 Å². The number of hydrogen-bond acceptors (Lipinski definition) is 9. The molecule has 0 aromatic rings. The Kier molecular flexibility index (Phi) is 8.39. The normalized spacial score (nSPS) is 22.7. The van der Waals surface area contributed by atoms with Crippen molar-refractivity contribution in [1.82, 2.24) is 26.6 Å². The molecule has 0 aromatic carbocycles. The fourth-order valence-electron chi connectivity index (χ4n) is 2.49. The van der Waals surface area contributed by atoms with Gasteiger partial charge in [-0.05, 0) is 13.8 Å². The van der Waals surface area contributed by atoms with E-state index in [-0.39, 0.29) is 42.9 Å². The minimum Gasteiger partial charge on any atom is -0.447 e. The molecule has 3 atom stereocenters. The molecule has 0 radical (unpaired) electrons. The molecule has 0 bridgehead atoms. The molecule has 2 aliphatic rings. The predicted octanol–water partition coefficient (Wildman–Crippen LogP) is -2.07. The molecule has 29 heavy (non-hydrogen) atoms. The summed E-state index contributed by atoms with van der Waals surface area (Å²) in [5, 5.41) is 21.3. The van der Waals surface area contributed by atoms with Crippen molar-refractivity contribution in [3.05, 3.63) is 0 Å². The number of nitrogens with one attached hydrogen (secondary N) is 6. The Morgan fingerprint density at radius 2 is 2.14 bits per heavy atom. The maximum atomic E-state index is 12.3. The van der Waals surface area contributed by atoms with Gasteiger partial charge in [0.1, 0.15) is 5.71 Å². The van der Waals surface area contributed by atoms with Gasteiger partial charge in [-0.15, -0.1) is 11.8 Å². The molecule has 160 valence electrons. The highest BCUT2D eigenvalue weighted by Crippen LogP contribution is 2.19. The fourth-order valence-corrected chi connectivity index (χ4v) is 3.41. The van der Waals surface area contributed by atoms with Gasteiger partial charge in [0.2, 0.25) is 12.3 Å². The highest BCUT2D eigenvalue weighted by Gasteiger charge is 2.34. The van der Waals surface area contributed by atoms with E-state index in [2.05, 4.69) is 31.6 Å². The van der Waals surface area contributed by atoms with Gasteiger partial charge in [-0.1, -0.05) is 0 Å². The van der Waals surface area contributed by atoms with Gasteiger partial charge >= 0.3 is 6.09 Å². The Balaban J connectivity index is 1.76. The van der Waals surface area contributed by atoms with Crippen LogP contribution in [0.2, 0.25) is 0 Å². The second-order valence-corrected chi connectivity index (χ2v) is 7.68. The first kappa shape index (κ1) is 22.6. The van der Waals surface area contributed by atoms with E-state index in [0.29, 0.717) is 24.4 Å². The van der Waals surface area contributed by atoms with E-state index in [9.17, 15) is 19.2 Å². The lowest BCUT2D eigenvalue weighted by Crippen LogP contribution is -2.68. The highest BCUT2D eigenvalue weighted by molar-refractivity contribution is 8.01. The largest absolute Gasteiger partial charge is 0.447 e. The average molecular weight is 427 g/mol. The van der Waals surface area contributed by atoms with E-state index < -0.39 is 17.5 Å². The molecular formula is C16H25N7O5S. The molecule has 0 aliphatic carbocycles. The van der Waals surface area contributed by atoms with Gasteiger partial charge in [0.05, 0.1) is 24.4 Å². The Hall–Kier alpha value is -2.67. The molecule has 0 spiro atoms. The van der Waals surface area contributed by atoms with Gasteiger partial charge in [0, 0.05) is 24.9 Å². The Labute approximate surface area is 171 Å². The van der Waals surface area contributed by atoms with Crippen LogP contribution in [0.5, 0.6) is 0 Å². The molecule has 2 heterocycles. The van der Waals surface area contributed by atoms with E-state index in [1.54, 1.807) is 13.8 Å². The van der Waals surface area contributed by atoms with Crippen molar-refractivity contribution in [2.75, 3.05) is 25.4 Å². The summed E-state index contributed by atoms with van der Waals surface area (Å²) in [6, 6.07) is -0.418. The first-order valence-electron chi connectivity index (χ1n) is 9.02. The molecule has 0 aromatic heterocycles. The zero-order valence-corrected chi connectivity index (χ0v) is 16.9. The van der Waals surface area contributed by atoms with E-state index in [0.717, 1.165) is 0 Å². The van der Waals surface area contributed by atoms with Crippen LogP contribution in [0.15, 0.2) is 4.99 Å². The van der Waals surface area contributed by atoms with Crippen LogP contribution in [0.3, 0.4) is 0 Å². The topological polar surface area (TPSA) is 174 Å². The van der Waals surface area contributed by atoms with Crippen LogP contribution in [0.4, 0.5) is 4.79 Å². The Morgan fingerprint density at radius 1 is 1.38 bits per heavy atom. The zero-order valence-electron chi connectivity index (χ0n) is 16.1. The summed E-state index contributed by atoms with van der Waals surface area (Å²) in [6.07, 6.45) is -0.427. The van der Waals surface area contributed by atoms with Gasteiger partial charge in [-0.3, -0.25) is 30.1 Å². The molecule has 2 rings (SSSR count). The number of alkyl carbamates (subject to hydrolysis) is 1. The number of aliphatic imine (C=N–C) groups is 1. The van der Waals surface area contributed by atoms with Gasteiger partial charge in [-0.2, -0.15) is 0 Å². The number of carbonyl (C=O) groups is 4. The van der Waals surface area contributed by atoms with Crippen LogP contribution in [-0.2, 0) is 19.1 Å². The molecule has 3 unspecified atom stereocenters. The SMILES string of the molecule is CC(C)OC(=O)NC1N=C(C(=N)C(=O)NC2CNC2CNC(=O)CNC=O)CS1. The van der Waals surface area contributed by atoms with Crippen LogP contribution in [0, 0.1) is 5.41 Å². The lowest BCUT2D eigenvalue weighted by atomic mass is 9.99. The van der Waals surface area contributed by atoms with Crippen molar-refractivity contribution in [1.29, 1.82) is 5.41 Å². The van der Waals surface area contributed by atoms with Gasteiger partial charge < -0.3 is 26.0 Å². The van der Waals surface area contributed by atoms with Gasteiger partial charge in [0.25, 0.3) is 5.91 Å². The number of thioether (sulfide) groups is 1. The van der Waals surface area contributed by atoms with E-state index in [1.165, 1.54) is 11.8 Å². The van der Waals surface area contributed by atoms with Crippen LogP contribution in [0.1, 0.15) is 13.8 Å². The minimum absolute atomic E-state index is 0.116. The standard InChI is InChI=1S/C16H25N7O5S/c1-8(2)28-16(27)23-15-22-11(6-29-15)13(17)14(26)21-10-4-19-9(10)3-20-12(25)5-18-7-24/h7-10,15,17,19H,3-6H2,1-2H3,(H,18,24)(H,20,25)(H,21,26)(H,23,27). The van der Waals surface area contributed by atoms with Crippen molar-refractivity contribution in [3.8, 4) is 0 Å². The van der Waals surface area contributed by atoms with Crippen molar-refractivity contribution in [2.24, 2.45) is 4.99 Å². The summed E-state index contributed by atoms with van der Waals surface area (Å²) in [7, 11) is 0. The first-order chi connectivity index (χ1) is 13.8. The third kappa shape index (κ3) is 7.02. The van der Waals surface area contributed by atoms with Crippen molar-refractivity contribution in [3.63, 3.8) is 0 Å². The van der Waals surface area contributed by atoms with Crippen LogP contribution in [0.25, 0.3) is 0 Å². The Morgan fingerprint density at radius 3 is 2.76 bits per heavy atom. The van der Waals surface area contributed by atoms with E-state index >= 15 is 0 Å². The summed E-state index contributed by atoms with van der Waals surface area (Å²) in [4.78, 5) is 49.8. The summed E-state index contributed by atoms with van der Waals surface area (Å²) in [5.41, 5.74) is -0.568. The van der Waals surface area contributed by atoms with E-state index in [1.807, 2.05) is 0 Å². The number of hydrogen-bond donors (Lipinski definition) is 6. The molecule has 12 nitrogen and oxygen atoms in total. The Bertz CT molecular complexity index is 699. The second-order valence-electron chi connectivity index (χ2n) is 6.61. The van der Waals surface area contributed by atoms with E-state index in [4.69, 9.17) is 10.1 Å². The summed E-state index contributed by atoms with van der Waals surface area (Å²) >= 11 is 1.28. The van der Waals surface area contributed by atoms with Crippen molar-refractivity contribution in [2.45, 2.75) is 37.5 Å². The zero-order chi connectivity index (χ0) is 21.4. The third-order valence-corrected chi connectivity index (χ3v) is 5.00. The highest BCUT2D eigenvalue weighted by atomic mass is 32.2. The molecular weight excluding hydrogens is 402 g/mol. The number of amides is 4. The van der Waals surface area contributed by atoms with Crippen molar-refractivity contribution >= 4 is 47.5 Å². The number of carbonyl (C=O) groups excluding carboxylic acids is 4. The minimum atomic E-state index is -0.604. The molecule has 4 amide bonds. The quantitative estimate of drug-likeness (QED) is 0.171. The van der Waals surface area contributed by atoms with Crippen LogP contribution in [-0.4, -0.2) is 84.8 Å². The molecule has 0 saturated carbocycles. The maximum absolute atomic E-state index is 12.3. The lowest BCUT2D eigenvalue weighted by molar-refractivity contribution is -0.122. The summed E-state index contributed by atoms with van der Waals surface area (Å²) < 4.78 is 4.98. The fraction of sp³-hybridized carbons (Fsp3) is 0.625. The smallest absolute Gasteiger partial charge is 0.409 e.